The minimum Gasteiger partial charge on any atom is -0.336 e. The zero-order chi connectivity index (χ0) is 19.4. The molecular formula is C23H29N3OS. The maximum atomic E-state index is 12.5. The molecule has 148 valence electrons. The molecule has 4 nitrogen and oxygen atoms in total. The first-order valence-electron chi connectivity index (χ1n) is 10.2. The van der Waals surface area contributed by atoms with Crippen molar-refractivity contribution in [2.24, 2.45) is 5.41 Å². The highest BCUT2D eigenvalue weighted by Gasteiger charge is 2.40. The lowest BCUT2D eigenvalue weighted by Gasteiger charge is -2.47. The number of benzene rings is 1. The van der Waals surface area contributed by atoms with E-state index in [2.05, 4.69) is 40.4 Å². The first-order valence-corrected chi connectivity index (χ1v) is 11.4. The van der Waals surface area contributed by atoms with E-state index in [0.29, 0.717) is 18.4 Å². The Morgan fingerprint density at radius 3 is 2.68 bits per heavy atom. The summed E-state index contributed by atoms with van der Waals surface area (Å²) in [5.74, 6) is 0.285. The van der Waals surface area contributed by atoms with Gasteiger partial charge < -0.3 is 4.90 Å². The summed E-state index contributed by atoms with van der Waals surface area (Å²) in [4.78, 5) is 22.8. The number of thioether (sulfide) groups is 1. The van der Waals surface area contributed by atoms with Gasteiger partial charge in [0.15, 0.2) is 0 Å². The smallest absolute Gasteiger partial charge is 0.222 e. The molecule has 5 heteroatoms. The average Bonchev–Trinajstić information content (AvgIpc) is 2.74. The predicted octanol–water partition coefficient (Wildman–Crippen LogP) is 4.21. The van der Waals surface area contributed by atoms with Gasteiger partial charge in [-0.1, -0.05) is 18.2 Å². The van der Waals surface area contributed by atoms with Crippen LogP contribution in [0.1, 0.15) is 36.9 Å². The molecule has 2 aliphatic rings. The molecule has 0 atom stereocenters. The Hall–Kier alpha value is -1.85. The Bertz CT molecular complexity index is 803. The molecule has 0 saturated carbocycles. The van der Waals surface area contributed by atoms with Crippen LogP contribution in [0.15, 0.2) is 53.6 Å². The zero-order valence-corrected chi connectivity index (χ0v) is 17.5. The summed E-state index contributed by atoms with van der Waals surface area (Å²) >= 11 is 1.80. The Balaban J connectivity index is 1.35. The molecule has 1 amide bonds. The maximum absolute atomic E-state index is 12.5. The van der Waals surface area contributed by atoms with E-state index in [1.165, 1.54) is 23.3 Å². The van der Waals surface area contributed by atoms with Gasteiger partial charge >= 0.3 is 0 Å². The molecule has 1 aromatic heterocycles. The third-order valence-corrected chi connectivity index (χ3v) is 7.01. The second-order valence-electron chi connectivity index (χ2n) is 8.20. The highest BCUT2D eigenvalue weighted by atomic mass is 32.2. The van der Waals surface area contributed by atoms with Crippen molar-refractivity contribution in [3.63, 3.8) is 0 Å². The van der Waals surface area contributed by atoms with E-state index in [4.69, 9.17) is 0 Å². The second kappa shape index (κ2) is 8.66. The number of pyridine rings is 1. The summed E-state index contributed by atoms with van der Waals surface area (Å²) in [7, 11) is 0. The molecule has 28 heavy (non-hydrogen) atoms. The van der Waals surface area contributed by atoms with Crippen molar-refractivity contribution < 1.29 is 4.79 Å². The second-order valence-corrected chi connectivity index (χ2v) is 9.08. The van der Waals surface area contributed by atoms with E-state index in [1.807, 2.05) is 29.3 Å². The summed E-state index contributed by atoms with van der Waals surface area (Å²) in [6.45, 7) is 4.80. The van der Waals surface area contributed by atoms with Gasteiger partial charge in [0.05, 0.1) is 12.2 Å². The van der Waals surface area contributed by atoms with Crippen LogP contribution >= 0.6 is 11.8 Å². The number of amides is 1. The van der Waals surface area contributed by atoms with Gasteiger partial charge in [0.2, 0.25) is 5.91 Å². The van der Waals surface area contributed by atoms with Crippen LogP contribution in [0.25, 0.3) is 0 Å². The fourth-order valence-electron chi connectivity index (χ4n) is 4.56. The molecule has 1 aromatic carbocycles. The molecule has 2 fully saturated rings. The van der Waals surface area contributed by atoms with Gasteiger partial charge in [-0.05, 0) is 73.9 Å². The molecule has 4 rings (SSSR count). The van der Waals surface area contributed by atoms with Crippen molar-refractivity contribution >= 4 is 17.7 Å². The SMILES string of the molecule is CSc1cccc(CN2CCC3(CCC(=O)N(Cc4ccccn4)C3)CC2)c1. The fourth-order valence-corrected chi connectivity index (χ4v) is 5.04. The number of hydrogen-bond acceptors (Lipinski definition) is 4. The third kappa shape index (κ3) is 4.58. The van der Waals surface area contributed by atoms with E-state index in [0.717, 1.165) is 38.3 Å². The van der Waals surface area contributed by atoms with E-state index in [9.17, 15) is 4.79 Å². The van der Waals surface area contributed by atoms with Crippen molar-refractivity contribution in [2.45, 2.75) is 43.7 Å². The van der Waals surface area contributed by atoms with E-state index in [-0.39, 0.29) is 5.91 Å². The molecule has 2 aromatic rings. The molecule has 0 N–H and O–H groups in total. The van der Waals surface area contributed by atoms with Crippen LogP contribution in [0, 0.1) is 5.41 Å². The minimum absolute atomic E-state index is 0.285. The van der Waals surface area contributed by atoms with Crippen LogP contribution in [0.5, 0.6) is 0 Å². The molecule has 0 unspecified atom stereocenters. The largest absolute Gasteiger partial charge is 0.336 e. The summed E-state index contributed by atoms with van der Waals surface area (Å²) in [5.41, 5.74) is 2.68. The first-order chi connectivity index (χ1) is 13.7. The monoisotopic (exact) mass is 395 g/mol. The molecule has 2 saturated heterocycles. The molecule has 0 radical (unpaired) electrons. The fraction of sp³-hybridized carbons (Fsp3) is 0.478. The number of hydrogen-bond donors (Lipinski definition) is 0. The Morgan fingerprint density at radius 1 is 1.07 bits per heavy atom. The summed E-state index contributed by atoms with van der Waals surface area (Å²) in [6, 6.07) is 14.8. The number of nitrogens with zero attached hydrogens (tertiary/aromatic N) is 3. The number of carbonyl (C=O) groups excluding carboxylic acids is 1. The van der Waals surface area contributed by atoms with Gasteiger partial charge in [0.25, 0.3) is 0 Å². The maximum Gasteiger partial charge on any atom is 0.222 e. The van der Waals surface area contributed by atoms with Crippen molar-refractivity contribution in [1.82, 2.24) is 14.8 Å². The van der Waals surface area contributed by atoms with Crippen molar-refractivity contribution in [1.29, 1.82) is 0 Å². The van der Waals surface area contributed by atoms with Gasteiger partial charge in [-0.25, -0.2) is 0 Å². The lowest BCUT2D eigenvalue weighted by molar-refractivity contribution is -0.140. The Kier molecular flexibility index (Phi) is 6.02. The minimum atomic E-state index is 0.285. The van der Waals surface area contributed by atoms with Crippen LogP contribution in [0.3, 0.4) is 0 Å². The quantitative estimate of drug-likeness (QED) is 0.711. The van der Waals surface area contributed by atoms with Crippen LogP contribution in [-0.4, -0.2) is 46.6 Å². The number of piperidine rings is 2. The standard InChI is InChI=1S/C23H29N3OS/c1-28-21-7-4-5-19(15-21)16-25-13-10-23(11-14-25)9-8-22(27)26(18-23)17-20-6-2-3-12-24-20/h2-7,12,15H,8-11,13-14,16-18H2,1H3. The van der Waals surface area contributed by atoms with Crippen LogP contribution in [0.4, 0.5) is 0 Å². The number of carbonyl (C=O) groups is 1. The highest BCUT2D eigenvalue weighted by molar-refractivity contribution is 7.98. The molecule has 3 heterocycles. The van der Waals surface area contributed by atoms with Gasteiger partial charge in [0, 0.05) is 30.6 Å². The van der Waals surface area contributed by atoms with Crippen LogP contribution in [0.2, 0.25) is 0 Å². The molecule has 0 bridgehead atoms. The van der Waals surface area contributed by atoms with Crippen molar-refractivity contribution in [3.05, 3.63) is 59.9 Å². The Morgan fingerprint density at radius 2 is 1.93 bits per heavy atom. The summed E-state index contributed by atoms with van der Waals surface area (Å²) in [6.07, 6.45) is 8.03. The van der Waals surface area contributed by atoms with Crippen LogP contribution < -0.4 is 0 Å². The summed E-state index contributed by atoms with van der Waals surface area (Å²) < 4.78 is 0. The third-order valence-electron chi connectivity index (χ3n) is 6.28. The predicted molar refractivity (Wildman–Crippen MR) is 114 cm³/mol. The number of aromatic nitrogens is 1. The van der Waals surface area contributed by atoms with Gasteiger partial charge in [-0.2, -0.15) is 0 Å². The first kappa shape index (κ1) is 19.5. The average molecular weight is 396 g/mol. The normalized spacial score (nSPS) is 19.9. The van der Waals surface area contributed by atoms with Crippen molar-refractivity contribution in [3.8, 4) is 0 Å². The van der Waals surface area contributed by atoms with Crippen LogP contribution in [-0.2, 0) is 17.9 Å². The van der Waals surface area contributed by atoms with Gasteiger partial charge in [-0.15, -0.1) is 11.8 Å². The molecule has 1 spiro atoms. The van der Waals surface area contributed by atoms with Gasteiger partial charge in [0.1, 0.15) is 0 Å². The highest BCUT2D eigenvalue weighted by Crippen LogP contribution is 2.40. The number of likely N-dealkylation sites (tertiary alicyclic amines) is 2. The Labute approximate surface area is 172 Å². The molecule has 0 aliphatic carbocycles. The summed E-state index contributed by atoms with van der Waals surface area (Å²) in [5, 5.41) is 0. The molecule has 2 aliphatic heterocycles. The zero-order valence-electron chi connectivity index (χ0n) is 16.6. The van der Waals surface area contributed by atoms with Crippen molar-refractivity contribution in [2.75, 3.05) is 25.9 Å². The topological polar surface area (TPSA) is 36.4 Å². The molecular weight excluding hydrogens is 366 g/mol. The lowest BCUT2D eigenvalue weighted by atomic mass is 9.72. The van der Waals surface area contributed by atoms with E-state index in [1.54, 1.807) is 11.8 Å². The number of rotatable bonds is 5. The van der Waals surface area contributed by atoms with Gasteiger partial charge in [-0.3, -0.25) is 14.7 Å². The van der Waals surface area contributed by atoms with E-state index < -0.39 is 0 Å². The lowest BCUT2D eigenvalue weighted by Crippen LogP contribution is -2.51. The van der Waals surface area contributed by atoms with E-state index >= 15 is 0 Å².